The number of hydrogen-bond acceptors (Lipinski definition) is 9. The molecule has 0 radical (unpaired) electrons. The molecule has 1 saturated heterocycles. The molecule has 0 unspecified atom stereocenters. The summed E-state index contributed by atoms with van der Waals surface area (Å²) in [4.78, 5) is 54.2. The largest absolute Gasteiger partial charge is 0.465 e. The summed E-state index contributed by atoms with van der Waals surface area (Å²) in [5.74, 6) is -2.42. The van der Waals surface area contributed by atoms with Crippen molar-refractivity contribution in [2.75, 3.05) is 18.3 Å². The lowest BCUT2D eigenvalue weighted by molar-refractivity contribution is -0.384. The van der Waals surface area contributed by atoms with Gasteiger partial charge in [-0.3, -0.25) is 24.5 Å². The molecule has 0 amide bonds. The molecule has 192 valence electrons. The highest BCUT2D eigenvalue weighted by atomic mass is 16.7. The predicted molar refractivity (Wildman–Crippen MR) is 130 cm³/mol. The van der Waals surface area contributed by atoms with Gasteiger partial charge >= 0.3 is 11.9 Å². The van der Waals surface area contributed by atoms with Crippen molar-refractivity contribution in [1.29, 1.82) is 0 Å². The van der Waals surface area contributed by atoms with Crippen LogP contribution in [0.4, 0.5) is 11.4 Å². The Balaban J connectivity index is 2.04. The van der Waals surface area contributed by atoms with Crippen LogP contribution in [0.2, 0.25) is 0 Å². The summed E-state index contributed by atoms with van der Waals surface area (Å²) in [5, 5.41) is 12.6. The van der Waals surface area contributed by atoms with Gasteiger partial charge in [0.15, 0.2) is 6.10 Å². The third-order valence-corrected chi connectivity index (χ3v) is 5.86. The molecule has 0 spiro atoms. The molecule has 3 atom stereocenters. The van der Waals surface area contributed by atoms with Gasteiger partial charge in [0.05, 0.1) is 29.9 Å². The first kappa shape index (κ1) is 26.8. The van der Waals surface area contributed by atoms with Gasteiger partial charge in [-0.15, -0.1) is 0 Å². The topological polar surface area (TPSA) is 125 Å². The van der Waals surface area contributed by atoms with E-state index in [0.717, 1.165) is 12.8 Å². The summed E-state index contributed by atoms with van der Waals surface area (Å²) in [6.45, 7) is 4.29. The Kier molecular flexibility index (Phi) is 9.52. The Bertz CT molecular complexity index is 1050. The SMILES string of the molecule is CCCCOC(=O)[C@@H]1[C@@H](C(=O)OCCCC)ON(c2ccc(C=O)cc2)[C@H]1c1ccc([N+](=O)[O-])cc1. The number of ether oxygens (including phenoxy) is 2. The molecule has 2 aromatic rings. The Morgan fingerprint density at radius 2 is 1.56 bits per heavy atom. The highest BCUT2D eigenvalue weighted by Crippen LogP contribution is 2.44. The van der Waals surface area contributed by atoms with Crippen LogP contribution >= 0.6 is 0 Å². The minimum atomic E-state index is -1.29. The lowest BCUT2D eigenvalue weighted by Crippen LogP contribution is -2.37. The first-order chi connectivity index (χ1) is 17.4. The Labute approximate surface area is 209 Å². The number of carbonyl (C=O) groups excluding carboxylic acids is 3. The van der Waals surface area contributed by atoms with Gasteiger partial charge in [0, 0.05) is 17.7 Å². The average molecular weight is 499 g/mol. The molecule has 1 fully saturated rings. The van der Waals surface area contributed by atoms with E-state index in [-0.39, 0.29) is 18.9 Å². The molecule has 1 heterocycles. The first-order valence-electron chi connectivity index (χ1n) is 12.0. The summed E-state index contributed by atoms with van der Waals surface area (Å²) < 4.78 is 10.9. The number of hydrogen-bond donors (Lipinski definition) is 0. The highest BCUT2D eigenvalue weighted by Gasteiger charge is 2.53. The van der Waals surface area contributed by atoms with Crippen LogP contribution in [0.25, 0.3) is 0 Å². The molecule has 0 saturated carbocycles. The summed E-state index contributed by atoms with van der Waals surface area (Å²) in [7, 11) is 0. The van der Waals surface area contributed by atoms with Crippen LogP contribution in [0, 0.1) is 16.0 Å². The van der Waals surface area contributed by atoms with Crippen molar-refractivity contribution in [3.8, 4) is 0 Å². The van der Waals surface area contributed by atoms with E-state index >= 15 is 0 Å². The molecule has 2 aromatic carbocycles. The average Bonchev–Trinajstić information content (AvgIpc) is 3.30. The summed E-state index contributed by atoms with van der Waals surface area (Å²) in [6, 6.07) is 11.3. The van der Waals surface area contributed by atoms with Gasteiger partial charge in [-0.2, -0.15) is 0 Å². The third-order valence-electron chi connectivity index (χ3n) is 5.86. The maximum Gasteiger partial charge on any atom is 0.339 e. The zero-order chi connectivity index (χ0) is 26.1. The van der Waals surface area contributed by atoms with Crippen molar-refractivity contribution in [2.45, 2.75) is 51.7 Å². The van der Waals surface area contributed by atoms with Crippen LogP contribution in [0.3, 0.4) is 0 Å². The van der Waals surface area contributed by atoms with Crippen molar-refractivity contribution in [2.24, 2.45) is 5.92 Å². The van der Waals surface area contributed by atoms with E-state index < -0.39 is 34.9 Å². The normalized spacial score (nSPS) is 19.1. The number of nitrogens with zero attached hydrogens (tertiary/aromatic N) is 2. The number of non-ortho nitro benzene ring substituents is 1. The van der Waals surface area contributed by atoms with Gasteiger partial charge in [0.25, 0.3) is 5.69 Å². The van der Waals surface area contributed by atoms with E-state index in [4.69, 9.17) is 14.3 Å². The number of nitro groups is 1. The number of unbranched alkanes of at least 4 members (excludes halogenated alkanes) is 2. The Morgan fingerprint density at radius 3 is 2.08 bits per heavy atom. The molecular formula is C26H30N2O8. The number of rotatable bonds is 12. The number of aldehydes is 1. The fourth-order valence-electron chi connectivity index (χ4n) is 3.88. The highest BCUT2D eigenvalue weighted by molar-refractivity contribution is 5.86. The van der Waals surface area contributed by atoms with Gasteiger partial charge in [-0.25, -0.2) is 9.86 Å². The van der Waals surface area contributed by atoms with Crippen molar-refractivity contribution in [1.82, 2.24) is 0 Å². The summed E-state index contributed by atoms with van der Waals surface area (Å²) in [6.07, 6.45) is 2.36. The molecule has 0 aliphatic carbocycles. The fourth-order valence-corrected chi connectivity index (χ4v) is 3.88. The molecular weight excluding hydrogens is 468 g/mol. The van der Waals surface area contributed by atoms with Gasteiger partial charge in [0.1, 0.15) is 12.2 Å². The maximum absolute atomic E-state index is 13.3. The molecule has 0 bridgehead atoms. The smallest absolute Gasteiger partial charge is 0.339 e. The van der Waals surface area contributed by atoms with Crippen LogP contribution in [0.15, 0.2) is 48.5 Å². The van der Waals surface area contributed by atoms with Crippen molar-refractivity contribution >= 4 is 29.6 Å². The monoisotopic (exact) mass is 498 g/mol. The molecule has 1 aliphatic rings. The number of esters is 2. The second kappa shape index (κ2) is 12.8. The number of hydroxylamine groups is 1. The van der Waals surface area contributed by atoms with Crippen molar-refractivity contribution < 1.29 is 33.6 Å². The molecule has 0 N–H and O–H groups in total. The summed E-state index contributed by atoms with van der Waals surface area (Å²) >= 11 is 0. The first-order valence-corrected chi connectivity index (χ1v) is 12.0. The van der Waals surface area contributed by atoms with Crippen LogP contribution in [0.5, 0.6) is 0 Å². The van der Waals surface area contributed by atoms with Crippen LogP contribution in [-0.2, 0) is 23.9 Å². The molecule has 10 nitrogen and oxygen atoms in total. The molecule has 10 heteroatoms. The van der Waals surface area contributed by atoms with E-state index in [2.05, 4.69) is 0 Å². The number of benzene rings is 2. The van der Waals surface area contributed by atoms with Gasteiger partial charge < -0.3 is 9.47 Å². The third kappa shape index (κ3) is 6.25. The predicted octanol–water partition coefficient (Wildman–Crippen LogP) is 4.57. The van der Waals surface area contributed by atoms with E-state index in [0.29, 0.717) is 35.9 Å². The summed E-state index contributed by atoms with van der Waals surface area (Å²) in [5.41, 5.74) is 1.33. The lowest BCUT2D eigenvalue weighted by atomic mass is 9.89. The minimum Gasteiger partial charge on any atom is -0.465 e. The molecule has 1 aliphatic heterocycles. The van der Waals surface area contributed by atoms with Crippen LogP contribution in [-0.4, -0.2) is 42.5 Å². The minimum absolute atomic E-state index is 0.114. The van der Waals surface area contributed by atoms with Gasteiger partial charge in [-0.05, 0) is 42.7 Å². The second-order valence-corrected chi connectivity index (χ2v) is 8.42. The Morgan fingerprint density at radius 1 is 0.972 bits per heavy atom. The maximum atomic E-state index is 13.3. The number of nitro benzene ring substituents is 1. The standard InChI is InChI=1S/C26H30N2O8/c1-3-5-15-34-25(30)22-23(19-9-13-21(14-10-19)28(32)33)27(20-11-7-18(17-29)8-12-20)36-24(22)26(31)35-16-6-4-2/h7-14,17,22-24H,3-6,15-16H2,1-2H3/t22-,23-,24-/m0/s1. The molecule has 3 rings (SSSR count). The zero-order valence-corrected chi connectivity index (χ0v) is 20.3. The Hall–Kier alpha value is -3.79. The number of carbonyl (C=O) groups is 3. The quantitative estimate of drug-likeness (QED) is 0.136. The second-order valence-electron chi connectivity index (χ2n) is 8.42. The van der Waals surface area contributed by atoms with E-state index in [1.165, 1.54) is 29.3 Å². The number of anilines is 1. The molecule has 0 aromatic heterocycles. The van der Waals surface area contributed by atoms with E-state index in [1.807, 2.05) is 13.8 Å². The van der Waals surface area contributed by atoms with Gasteiger partial charge in [0.2, 0.25) is 0 Å². The van der Waals surface area contributed by atoms with Crippen molar-refractivity contribution in [3.63, 3.8) is 0 Å². The van der Waals surface area contributed by atoms with Gasteiger partial charge in [-0.1, -0.05) is 38.8 Å². The lowest BCUT2D eigenvalue weighted by Gasteiger charge is -2.27. The molecule has 36 heavy (non-hydrogen) atoms. The van der Waals surface area contributed by atoms with Crippen LogP contribution < -0.4 is 5.06 Å². The van der Waals surface area contributed by atoms with Crippen molar-refractivity contribution in [3.05, 3.63) is 69.8 Å². The van der Waals surface area contributed by atoms with Crippen LogP contribution in [0.1, 0.15) is 61.5 Å². The fraction of sp³-hybridized carbons (Fsp3) is 0.423. The van der Waals surface area contributed by atoms with E-state index in [1.54, 1.807) is 24.3 Å². The zero-order valence-electron chi connectivity index (χ0n) is 20.3. The van der Waals surface area contributed by atoms with E-state index in [9.17, 15) is 24.5 Å².